The molecule has 0 aliphatic heterocycles. The lowest BCUT2D eigenvalue weighted by atomic mass is 10.2. The van der Waals surface area contributed by atoms with E-state index in [1.807, 2.05) is 0 Å². The van der Waals surface area contributed by atoms with Gasteiger partial charge in [-0.25, -0.2) is 24.1 Å². The third-order valence-electron chi connectivity index (χ3n) is 3.83. The Bertz CT molecular complexity index is 916. The molecule has 2 aromatic heterocycles. The lowest BCUT2D eigenvalue weighted by molar-refractivity contribution is 0.0527. The Kier molecular flexibility index (Phi) is 13.5. The number of hydrogen-bond acceptors (Lipinski definition) is 9. The van der Waals surface area contributed by atoms with Crippen LogP contribution in [0.1, 0.15) is 64.6 Å². The molecule has 0 unspecified atom stereocenters. The first kappa shape index (κ1) is 32.3. The summed E-state index contributed by atoms with van der Waals surface area (Å²) in [5.74, 6) is 1.23. The number of aromatic amines is 1. The lowest BCUT2D eigenvalue weighted by Gasteiger charge is -2.20. The summed E-state index contributed by atoms with van der Waals surface area (Å²) in [6.45, 7) is 11.1. The van der Waals surface area contributed by atoms with Crippen molar-refractivity contribution in [1.82, 2.24) is 24.8 Å². The predicted octanol–water partition coefficient (Wildman–Crippen LogP) is 2.05. The van der Waals surface area contributed by atoms with Crippen molar-refractivity contribution in [2.75, 3.05) is 13.1 Å². The van der Waals surface area contributed by atoms with E-state index in [0.29, 0.717) is 24.5 Å². The molecular weight excluding hydrogens is 480 g/mol. The minimum atomic E-state index is -0.646. The van der Waals surface area contributed by atoms with Crippen molar-refractivity contribution in [3.05, 3.63) is 35.4 Å². The van der Waals surface area contributed by atoms with E-state index in [0.717, 1.165) is 17.9 Å². The second-order valence-electron chi connectivity index (χ2n) is 9.39. The molecule has 13 heteroatoms. The van der Waals surface area contributed by atoms with Gasteiger partial charge in [0, 0.05) is 25.6 Å². The minimum Gasteiger partial charge on any atom is -0.444 e. The van der Waals surface area contributed by atoms with Gasteiger partial charge in [-0.15, -0.1) is 12.4 Å². The Morgan fingerprint density at radius 1 is 1.09 bits per heavy atom. The maximum atomic E-state index is 12.2. The van der Waals surface area contributed by atoms with Gasteiger partial charge in [-0.05, 0) is 48.1 Å². The molecule has 0 aliphatic rings. The first-order chi connectivity index (χ1) is 15.8. The van der Waals surface area contributed by atoms with E-state index in [4.69, 9.17) is 20.3 Å². The first-order valence-corrected chi connectivity index (χ1v) is 11.0. The molecule has 0 saturated heterocycles. The molecule has 0 fully saturated rings. The topological polar surface area (TPSA) is 178 Å². The molecule has 2 heterocycles. The summed E-state index contributed by atoms with van der Waals surface area (Å²) in [7, 11) is 0. The zero-order chi connectivity index (χ0) is 25.9. The molecular formula is C22H39ClN6O6. The molecule has 12 nitrogen and oxygen atoms in total. The molecule has 0 spiro atoms. The number of aliphatic hydroxyl groups is 2. The Balaban J connectivity index is 0.000000878. The van der Waals surface area contributed by atoms with Crippen LogP contribution in [0.25, 0.3) is 0 Å². The van der Waals surface area contributed by atoms with Gasteiger partial charge in [-0.3, -0.25) is 0 Å². The zero-order valence-electron chi connectivity index (χ0n) is 21.3. The lowest BCUT2D eigenvalue weighted by Crippen LogP contribution is -2.34. The fourth-order valence-electron chi connectivity index (χ4n) is 2.53. The van der Waals surface area contributed by atoms with E-state index < -0.39 is 23.4 Å². The average Bonchev–Trinajstić information content (AvgIpc) is 3.33. The van der Waals surface area contributed by atoms with Crippen molar-refractivity contribution in [1.29, 1.82) is 0 Å². The van der Waals surface area contributed by atoms with Crippen LogP contribution in [0, 0.1) is 0 Å². The van der Waals surface area contributed by atoms with Crippen LogP contribution >= 0.6 is 12.4 Å². The van der Waals surface area contributed by atoms with Crippen molar-refractivity contribution < 1.29 is 29.3 Å². The third kappa shape index (κ3) is 13.1. The fourth-order valence-corrected chi connectivity index (χ4v) is 2.53. The van der Waals surface area contributed by atoms with E-state index >= 15 is 0 Å². The summed E-state index contributed by atoms with van der Waals surface area (Å²) < 4.78 is 11.7. The number of hydrogen-bond donors (Lipinski definition) is 5. The highest BCUT2D eigenvalue weighted by atomic mass is 35.5. The number of rotatable bonds is 7. The molecule has 0 radical (unpaired) electrons. The highest BCUT2D eigenvalue weighted by Gasteiger charge is 2.21. The zero-order valence-corrected chi connectivity index (χ0v) is 22.1. The summed E-state index contributed by atoms with van der Waals surface area (Å²) >= 11 is 0. The molecule has 0 saturated carbocycles. The summed E-state index contributed by atoms with van der Waals surface area (Å²) in [5.41, 5.74) is 5.16. The van der Waals surface area contributed by atoms with Gasteiger partial charge in [-0.2, -0.15) is 0 Å². The van der Waals surface area contributed by atoms with E-state index in [1.165, 1.54) is 10.8 Å². The number of aliphatic hydroxyl groups excluding tert-OH is 2. The summed E-state index contributed by atoms with van der Waals surface area (Å²) in [5, 5.41) is 20.4. The van der Waals surface area contributed by atoms with Crippen LogP contribution in [-0.2, 0) is 35.5 Å². The number of ether oxygens (including phenoxy) is 2. The minimum absolute atomic E-state index is 0. The predicted molar refractivity (Wildman–Crippen MR) is 132 cm³/mol. The number of carbonyl (C=O) groups is 2. The highest BCUT2D eigenvalue weighted by molar-refractivity contribution is 5.85. The molecule has 200 valence electrons. The Morgan fingerprint density at radius 2 is 1.71 bits per heavy atom. The van der Waals surface area contributed by atoms with Gasteiger partial charge in [0.2, 0.25) is 0 Å². The van der Waals surface area contributed by atoms with Gasteiger partial charge >= 0.3 is 12.2 Å². The maximum absolute atomic E-state index is 12.2. The largest absolute Gasteiger partial charge is 0.444 e. The number of H-pyrrole nitrogens is 1. The fraction of sp³-hybridized carbons (Fsp3) is 0.636. The number of nitrogens with one attached hydrogen (secondary N) is 2. The van der Waals surface area contributed by atoms with Crippen LogP contribution in [0.5, 0.6) is 0 Å². The van der Waals surface area contributed by atoms with Gasteiger partial charge in [-0.1, -0.05) is 0 Å². The smallest absolute Gasteiger partial charge is 0.420 e. The van der Waals surface area contributed by atoms with Crippen LogP contribution in [0.2, 0.25) is 0 Å². The van der Waals surface area contributed by atoms with E-state index in [1.54, 1.807) is 47.7 Å². The molecule has 0 atom stereocenters. The molecule has 35 heavy (non-hydrogen) atoms. The van der Waals surface area contributed by atoms with Crippen molar-refractivity contribution >= 4 is 24.6 Å². The Hall–Kier alpha value is -2.67. The summed E-state index contributed by atoms with van der Waals surface area (Å²) in [6, 6.07) is 0. The number of carbonyl (C=O) groups excluding carboxylic acids is 2. The summed E-state index contributed by atoms with van der Waals surface area (Å²) in [6.07, 6.45) is 2.95. The van der Waals surface area contributed by atoms with Crippen molar-refractivity contribution in [3.63, 3.8) is 0 Å². The highest BCUT2D eigenvalue weighted by Crippen LogP contribution is 2.12. The van der Waals surface area contributed by atoms with Crippen LogP contribution < -0.4 is 11.1 Å². The van der Waals surface area contributed by atoms with Gasteiger partial charge in [0.1, 0.15) is 22.9 Å². The average molecular weight is 519 g/mol. The van der Waals surface area contributed by atoms with Gasteiger partial charge < -0.3 is 35.7 Å². The number of amides is 1. The number of imidazole rings is 2. The molecule has 0 aromatic carbocycles. The number of nitrogens with zero attached hydrogens (tertiary/aromatic N) is 3. The molecule has 2 aromatic rings. The number of alkyl carbamates (subject to hydrolysis) is 1. The normalized spacial score (nSPS) is 11.1. The van der Waals surface area contributed by atoms with Crippen LogP contribution in [-0.4, -0.2) is 66.2 Å². The SMILES string of the molecule is CC(C)(C)OC(=O)NCCc1nc(CO)cn1C(=O)OC(C)(C)C.Cl.NCCc1ncc(CO)[nH]1. The quantitative estimate of drug-likeness (QED) is 0.366. The van der Waals surface area contributed by atoms with Crippen molar-refractivity contribution in [2.45, 2.75) is 78.8 Å². The van der Waals surface area contributed by atoms with Crippen LogP contribution in [0.3, 0.4) is 0 Å². The Morgan fingerprint density at radius 3 is 2.20 bits per heavy atom. The molecule has 1 amide bonds. The van der Waals surface area contributed by atoms with Gasteiger partial charge in [0.25, 0.3) is 0 Å². The number of aromatic nitrogens is 4. The van der Waals surface area contributed by atoms with Crippen LogP contribution in [0.15, 0.2) is 12.4 Å². The molecule has 0 bridgehead atoms. The van der Waals surface area contributed by atoms with Crippen LogP contribution in [0.4, 0.5) is 9.59 Å². The first-order valence-electron chi connectivity index (χ1n) is 11.0. The second-order valence-corrected chi connectivity index (χ2v) is 9.39. The second kappa shape index (κ2) is 14.7. The maximum Gasteiger partial charge on any atom is 0.420 e. The van der Waals surface area contributed by atoms with Gasteiger partial charge in [0.15, 0.2) is 0 Å². The van der Waals surface area contributed by atoms with E-state index in [2.05, 4.69) is 20.3 Å². The molecule has 0 aliphatic carbocycles. The van der Waals surface area contributed by atoms with Gasteiger partial charge in [0.05, 0.1) is 30.8 Å². The standard InChI is InChI=1S/C16H27N3O5.C6H11N3O.ClH/c1-15(2,3)23-13(21)17-8-7-12-18-11(10-20)9-19(12)14(22)24-16(4,5)6;7-2-1-6-8-3-5(4-10)9-6;/h9,20H,7-8,10H2,1-6H3,(H,17,21);3,10H,1-2,4,7H2,(H,8,9);1H. The van der Waals surface area contributed by atoms with Crippen molar-refractivity contribution in [3.8, 4) is 0 Å². The van der Waals surface area contributed by atoms with Crippen molar-refractivity contribution in [2.24, 2.45) is 5.73 Å². The summed E-state index contributed by atoms with van der Waals surface area (Å²) in [4.78, 5) is 34.9. The van der Waals surface area contributed by atoms with E-state index in [-0.39, 0.29) is 32.2 Å². The molecule has 6 N–H and O–H groups in total. The molecule has 2 rings (SSSR count). The van der Waals surface area contributed by atoms with E-state index in [9.17, 15) is 14.7 Å². The monoisotopic (exact) mass is 518 g/mol. The Labute approximate surface area is 212 Å². The number of halogens is 1. The number of nitrogens with two attached hydrogens (primary N) is 1. The third-order valence-corrected chi connectivity index (χ3v) is 3.83.